The van der Waals surface area contributed by atoms with Gasteiger partial charge in [-0.1, -0.05) is 29.4 Å². The first kappa shape index (κ1) is 15.1. The van der Waals surface area contributed by atoms with E-state index in [9.17, 15) is 4.79 Å². The lowest BCUT2D eigenvalue weighted by molar-refractivity contribution is -0.134. The summed E-state index contributed by atoms with van der Waals surface area (Å²) in [6.07, 6.45) is 7.35. The van der Waals surface area contributed by atoms with Crippen LogP contribution in [0, 0.1) is 0 Å². The molecule has 0 unspecified atom stereocenters. The van der Waals surface area contributed by atoms with Crippen LogP contribution in [-0.2, 0) is 11.2 Å². The number of rotatable bonds is 3. The molecule has 1 saturated heterocycles. The predicted octanol–water partition coefficient (Wildman–Crippen LogP) is 3.73. The predicted molar refractivity (Wildman–Crippen MR) is 92.1 cm³/mol. The van der Waals surface area contributed by atoms with Crippen LogP contribution in [0.4, 0.5) is 0 Å². The van der Waals surface area contributed by atoms with E-state index in [4.69, 9.17) is 4.52 Å². The SMILES string of the molecule is O=C([C@H]1CCCc2ccccc21)N1CCC[C@H]1c1noc(C2CC2)n1. The third-order valence-corrected chi connectivity index (χ3v) is 5.89. The molecule has 5 nitrogen and oxygen atoms in total. The lowest BCUT2D eigenvalue weighted by atomic mass is 9.82. The molecule has 1 aromatic heterocycles. The molecule has 2 atom stereocenters. The van der Waals surface area contributed by atoms with Crippen molar-refractivity contribution in [2.75, 3.05) is 6.54 Å². The van der Waals surface area contributed by atoms with E-state index in [-0.39, 0.29) is 17.9 Å². The summed E-state index contributed by atoms with van der Waals surface area (Å²) in [6, 6.07) is 8.40. The molecule has 5 rings (SSSR count). The van der Waals surface area contributed by atoms with Gasteiger partial charge in [-0.2, -0.15) is 4.98 Å². The third-order valence-electron chi connectivity index (χ3n) is 5.89. The molecule has 2 aromatic rings. The fraction of sp³-hybridized carbons (Fsp3) is 0.550. The Labute approximate surface area is 147 Å². The fourth-order valence-electron chi connectivity index (χ4n) is 4.39. The average Bonchev–Trinajstić information content (AvgIpc) is 3.19. The van der Waals surface area contributed by atoms with Gasteiger partial charge in [0.1, 0.15) is 0 Å². The number of amides is 1. The lowest BCUT2D eigenvalue weighted by Gasteiger charge is -2.31. The second kappa shape index (κ2) is 5.97. The quantitative estimate of drug-likeness (QED) is 0.856. The molecule has 5 heteroatoms. The van der Waals surface area contributed by atoms with E-state index in [0.29, 0.717) is 11.7 Å². The van der Waals surface area contributed by atoms with Crippen LogP contribution in [0.3, 0.4) is 0 Å². The van der Waals surface area contributed by atoms with E-state index in [2.05, 4.69) is 28.3 Å². The van der Waals surface area contributed by atoms with E-state index >= 15 is 0 Å². The molecule has 0 bridgehead atoms. The van der Waals surface area contributed by atoms with Crippen molar-refractivity contribution in [3.8, 4) is 0 Å². The number of benzene rings is 1. The second-order valence-electron chi connectivity index (χ2n) is 7.60. The zero-order chi connectivity index (χ0) is 16.8. The van der Waals surface area contributed by atoms with Crippen molar-refractivity contribution in [3.63, 3.8) is 0 Å². The standard InChI is InChI=1S/C20H23N3O2/c24-20(16-8-3-6-13-5-1-2-7-15(13)16)23-12-4-9-17(23)18-21-19(25-22-18)14-10-11-14/h1-2,5,7,14,16-17H,3-4,6,8-12H2/t16-,17-/m0/s1. The van der Waals surface area contributed by atoms with Gasteiger partial charge in [0.15, 0.2) is 5.82 Å². The molecule has 3 aliphatic rings. The number of aryl methyl sites for hydroxylation is 1. The first-order chi connectivity index (χ1) is 12.3. The summed E-state index contributed by atoms with van der Waals surface area (Å²) in [6.45, 7) is 0.801. The van der Waals surface area contributed by atoms with E-state index in [1.54, 1.807) is 0 Å². The van der Waals surface area contributed by atoms with E-state index in [1.165, 1.54) is 11.1 Å². The van der Waals surface area contributed by atoms with Crippen molar-refractivity contribution in [3.05, 3.63) is 47.1 Å². The van der Waals surface area contributed by atoms with Crippen LogP contribution in [0.25, 0.3) is 0 Å². The van der Waals surface area contributed by atoms with Crippen LogP contribution in [0.15, 0.2) is 28.8 Å². The Bertz CT molecular complexity index is 796. The Kier molecular flexibility index (Phi) is 3.61. The second-order valence-corrected chi connectivity index (χ2v) is 7.60. The fourth-order valence-corrected chi connectivity index (χ4v) is 4.39. The van der Waals surface area contributed by atoms with Gasteiger partial charge in [0, 0.05) is 12.5 Å². The smallest absolute Gasteiger partial charge is 0.230 e. The van der Waals surface area contributed by atoms with Crippen molar-refractivity contribution < 1.29 is 9.32 Å². The lowest BCUT2D eigenvalue weighted by Crippen LogP contribution is -2.36. The van der Waals surface area contributed by atoms with E-state index in [0.717, 1.165) is 57.4 Å². The minimum atomic E-state index is -0.0159. The molecule has 1 saturated carbocycles. The number of carbonyl (C=O) groups excluding carboxylic acids is 1. The minimum Gasteiger partial charge on any atom is -0.339 e. The molecule has 130 valence electrons. The van der Waals surface area contributed by atoms with Crippen LogP contribution >= 0.6 is 0 Å². The van der Waals surface area contributed by atoms with Crippen LogP contribution in [0.2, 0.25) is 0 Å². The van der Waals surface area contributed by atoms with Gasteiger partial charge < -0.3 is 9.42 Å². The molecule has 0 radical (unpaired) electrons. The molecule has 25 heavy (non-hydrogen) atoms. The largest absolute Gasteiger partial charge is 0.339 e. The summed E-state index contributed by atoms with van der Waals surface area (Å²) in [5.74, 6) is 2.15. The van der Waals surface area contributed by atoms with Gasteiger partial charge in [0.2, 0.25) is 11.8 Å². The minimum absolute atomic E-state index is 0.0136. The molecule has 2 heterocycles. The highest BCUT2D eigenvalue weighted by Crippen LogP contribution is 2.41. The average molecular weight is 337 g/mol. The van der Waals surface area contributed by atoms with Crippen molar-refractivity contribution >= 4 is 5.91 Å². The Hall–Kier alpha value is -2.17. The molecule has 2 fully saturated rings. The normalized spacial score (nSPS) is 25.8. The van der Waals surface area contributed by atoms with Gasteiger partial charge in [-0.3, -0.25) is 4.79 Å². The number of hydrogen-bond acceptors (Lipinski definition) is 4. The van der Waals surface area contributed by atoms with Crippen molar-refractivity contribution in [2.24, 2.45) is 0 Å². The summed E-state index contributed by atoms with van der Waals surface area (Å²) in [5, 5.41) is 4.20. The third kappa shape index (κ3) is 2.66. The van der Waals surface area contributed by atoms with Gasteiger partial charge in [-0.15, -0.1) is 0 Å². The topological polar surface area (TPSA) is 59.2 Å². The number of hydrogen-bond donors (Lipinski definition) is 0. The van der Waals surface area contributed by atoms with Gasteiger partial charge in [-0.05, 0) is 56.1 Å². The van der Waals surface area contributed by atoms with E-state index < -0.39 is 0 Å². The number of carbonyl (C=O) groups is 1. The molecule has 1 aliphatic heterocycles. The Morgan fingerprint density at radius 3 is 2.88 bits per heavy atom. The summed E-state index contributed by atoms with van der Waals surface area (Å²) in [4.78, 5) is 20.0. The van der Waals surface area contributed by atoms with Crippen molar-refractivity contribution in [2.45, 2.75) is 62.8 Å². The number of fused-ring (bicyclic) bond motifs is 1. The highest BCUT2D eigenvalue weighted by atomic mass is 16.5. The molecule has 0 spiro atoms. The van der Waals surface area contributed by atoms with Crippen molar-refractivity contribution in [1.82, 2.24) is 15.0 Å². The first-order valence-corrected chi connectivity index (χ1v) is 9.53. The maximum atomic E-state index is 13.3. The maximum absolute atomic E-state index is 13.3. The summed E-state index contributed by atoms with van der Waals surface area (Å²) in [7, 11) is 0. The monoisotopic (exact) mass is 337 g/mol. The highest BCUT2D eigenvalue weighted by Gasteiger charge is 2.39. The first-order valence-electron chi connectivity index (χ1n) is 9.53. The van der Waals surface area contributed by atoms with Crippen LogP contribution in [0.5, 0.6) is 0 Å². The zero-order valence-electron chi connectivity index (χ0n) is 14.4. The van der Waals surface area contributed by atoms with Gasteiger partial charge >= 0.3 is 0 Å². The molecule has 2 aliphatic carbocycles. The van der Waals surface area contributed by atoms with Gasteiger partial charge in [0.25, 0.3) is 0 Å². The number of nitrogens with zero attached hydrogens (tertiary/aromatic N) is 3. The Morgan fingerprint density at radius 2 is 2.00 bits per heavy atom. The van der Waals surface area contributed by atoms with Crippen molar-refractivity contribution in [1.29, 1.82) is 0 Å². The van der Waals surface area contributed by atoms with Crippen LogP contribution < -0.4 is 0 Å². The maximum Gasteiger partial charge on any atom is 0.230 e. The highest BCUT2D eigenvalue weighted by molar-refractivity contribution is 5.85. The summed E-state index contributed by atoms with van der Waals surface area (Å²) in [5.41, 5.74) is 2.55. The molecule has 1 amide bonds. The molecule has 1 aromatic carbocycles. The van der Waals surface area contributed by atoms with Crippen LogP contribution in [-0.4, -0.2) is 27.5 Å². The number of aromatic nitrogens is 2. The molecular weight excluding hydrogens is 314 g/mol. The van der Waals surface area contributed by atoms with Crippen LogP contribution in [0.1, 0.15) is 79.2 Å². The Morgan fingerprint density at radius 1 is 1.12 bits per heavy atom. The molecule has 0 N–H and O–H groups in total. The summed E-state index contributed by atoms with van der Waals surface area (Å²) < 4.78 is 5.43. The van der Waals surface area contributed by atoms with Gasteiger partial charge in [-0.25, -0.2) is 0 Å². The summed E-state index contributed by atoms with van der Waals surface area (Å²) >= 11 is 0. The zero-order valence-corrected chi connectivity index (χ0v) is 14.4. The molecular formula is C20H23N3O2. The van der Waals surface area contributed by atoms with E-state index in [1.807, 2.05) is 11.0 Å². The van der Waals surface area contributed by atoms with Gasteiger partial charge in [0.05, 0.1) is 12.0 Å². The number of likely N-dealkylation sites (tertiary alicyclic amines) is 1. The Balaban J connectivity index is 1.41.